The molecule has 5 nitrogen and oxygen atoms in total. The maximum Gasteiger partial charge on any atom is 0.258 e. The van der Waals surface area contributed by atoms with E-state index in [2.05, 4.69) is 20.7 Å². The smallest absolute Gasteiger partial charge is 0.258 e. The standard InChI is InChI=1S/C18H20BrClN2O3S/c1-4-12(2)21-26(24,25)15-8-5-13(6-9-15)18(23)22(3)17-10-7-14(19)11-16(17)20/h5-12,21H,4H2,1-3H3. The zero-order chi connectivity index (χ0) is 19.5. The highest BCUT2D eigenvalue weighted by Crippen LogP contribution is 2.29. The van der Waals surface area contributed by atoms with Crippen molar-refractivity contribution in [1.29, 1.82) is 0 Å². The molecule has 0 aromatic heterocycles. The molecule has 8 heteroatoms. The van der Waals surface area contributed by atoms with Crippen molar-refractivity contribution in [2.45, 2.75) is 31.2 Å². The highest BCUT2D eigenvalue weighted by Gasteiger charge is 2.19. The Balaban J connectivity index is 2.23. The van der Waals surface area contributed by atoms with E-state index in [1.807, 2.05) is 6.92 Å². The average Bonchev–Trinajstić information content (AvgIpc) is 2.60. The van der Waals surface area contributed by atoms with Crippen LogP contribution in [0.4, 0.5) is 5.69 Å². The zero-order valence-electron chi connectivity index (χ0n) is 14.7. The molecule has 0 bridgehead atoms. The van der Waals surface area contributed by atoms with E-state index in [1.165, 1.54) is 29.2 Å². The van der Waals surface area contributed by atoms with Gasteiger partial charge in [-0.05, 0) is 55.8 Å². The minimum Gasteiger partial charge on any atom is -0.310 e. The first-order chi connectivity index (χ1) is 12.2. The number of hydrogen-bond acceptors (Lipinski definition) is 3. The molecule has 2 rings (SSSR count). The quantitative estimate of drug-likeness (QED) is 0.694. The van der Waals surface area contributed by atoms with Gasteiger partial charge in [-0.25, -0.2) is 13.1 Å². The molecule has 0 saturated carbocycles. The Kier molecular flexibility index (Phi) is 6.85. The van der Waals surface area contributed by atoms with Crippen molar-refractivity contribution in [3.63, 3.8) is 0 Å². The predicted octanol–water partition coefficient (Wildman–Crippen LogP) is 4.46. The molecular formula is C18H20BrClN2O3S. The van der Waals surface area contributed by atoms with Gasteiger partial charge in [0.05, 0.1) is 15.6 Å². The fourth-order valence-electron chi connectivity index (χ4n) is 2.25. The second-order valence-electron chi connectivity index (χ2n) is 5.91. The van der Waals surface area contributed by atoms with Crippen LogP contribution in [0.1, 0.15) is 30.6 Å². The number of halogens is 2. The summed E-state index contributed by atoms with van der Waals surface area (Å²) in [7, 11) is -1.98. The van der Waals surface area contributed by atoms with Crippen LogP contribution in [0, 0.1) is 0 Å². The molecule has 0 aliphatic heterocycles. The number of nitrogens with zero attached hydrogens (tertiary/aromatic N) is 1. The van der Waals surface area contributed by atoms with E-state index in [1.54, 1.807) is 32.2 Å². The Morgan fingerprint density at radius 3 is 2.38 bits per heavy atom. The third-order valence-electron chi connectivity index (χ3n) is 3.96. The van der Waals surface area contributed by atoms with E-state index in [-0.39, 0.29) is 16.8 Å². The van der Waals surface area contributed by atoms with Crippen LogP contribution < -0.4 is 9.62 Å². The Morgan fingerprint density at radius 1 is 1.23 bits per heavy atom. The van der Waals surface area contributed by atoms with Gasteiger partial charge >= 0.3 is 0 Å². The zero-order valence-corrected chi connectivity index (χ0v) is 17.8. The van der Waals surface area contributed by atoms with E-state index in [4.69, 9.17) is 11.6 Å². The Morgan fingerprint density at radius 2 is 1.85 bits per heavy atom. The van der Waals surface area contributed by atoms with Crippen LogP contribution in [0.25, 0.3) is 0 Å². The molecular weight excluding hydrogens is 440 g/mol. The molecule has 26 heavy (non-hydrogen) atoms. The number of benzene rings is 2. The molecule has 0 fully saturated rings. The van der Waals surface area contributed by atoms with Gasteiger partial charge in [0.1, 0.15) is 0 Å². The van der Waals surface area contributed by atoms with E-state index in [0.717, 1.165) is 4.47 Å². The van der Waals surface area contributed by atoms with Crippen LogP contribution in [0.5, 0.6) is 0 Å². The number of amides is 1. The van der Waals surface area contributed by atoms with Crippen molar-refractivity contribution < 1.29 is 13.2 Å². The first kappa shape index (κ1) is 20.9. The average molecular weight is 460 g/mol. The topological polar surface area (TPSA) is 66.5 Å². The molecule has 1 N–H and O–H groups in total. The molecule has 2 aromatic rings. The number of carbonyl (C=O) groups is 1. The molecule has 140 valence electrons. The third-order valence-corrected chi connectivity index (χ3v) is 6.36. The van der Waals surface area contributed by atoms with E-state index < -0.39 is 10.0 Å². The lowest BCUT2D eigenvalue weighted by Gasteiger charge is -2.19. The monoisotopic (exact) mass is 458 g/mol. The summed E-state index contributed by atoms with van der Waals surface area (Å²) >= 11 is 9.52. The molecule has 0 saturated heterocycles. The van der Waals surface area contributed by atoms with E-state index >= 15 is 0 Å². The molecule has 1 amide bonds. The molecule has 0 aliphatic carbocycles. The molecule has 2 aromatic carbocycles. The van der Waals surface area contributed by atoms with Crippen molar-refractivity contribution in [2.24, 2.45) is 0 Å². The maximum absolute atomic E-state index is 12.7. The SMILES string of the molecule is CCC(C)NS(=O)(=O)c1ccc(C(=O)N(C)c2ccc(Br)cc2Cl)cc1. The summed E-state index contributed by atoms with van der Waals surface area (Å²) in [4.78, 5) is 14.2. The second-order valence-corrected chi connectivity index (χ2v) is 8.95. The van der Waals surface area contributed by atoms with Gasteiger partial charge in [-0.15, -0.1) is 0 Å². The minimum absolute atomic E-state index is 0.124. The summed E-state index contributed by atoms with van der Waals surface area (Å²) < 4.78 is 28.0. The second kappa shape index (κ2) is 8.52. The van der Waals surface area contributed by atoms with Crippen LogP contribution in [-0.4, -0.2) is 27.4 Å². The van der Waals surface area contributed by atoms with Crippen LogP contribution in [0.2, 0.25) is 5.02 Å². The minimum atomic E-state index is -3.60. The van der Waals surface area contributed by atoms with E-state index in [0.29, 0.717) is 22.7 Å². The fourth-order valence-corrected chi connectivity index (χ4v) is 4.38. The first-order valence-corrected chi connectivity index (χ1v) is 10.7. The molecule has 1 unspecified atom stereocenters. The van der Waals surface area contributed by atoms with Crippen LogP contribution >= 0.6 is 27.5 Å². The van der Waals surface area contributed by atoms with Crippen LogP contribution in [0.3, 0.4) is 0 Å². The number of rotatable bonds is 6. The Labute approximate surface area is 167 Å². The van der Waals surface area contributed by atoms with Gasteiger partial charge in [0.25, 0.3) is 5.91 Å². The van der Waals surface area contributed by atoms with Gasteiger partial charge in [0, 0.05) is 23.1 Å². The van der Waals surface area contributed by atoms with E-state index in [9.17, 15) is 13.2 Å². The predicted molar refractivity (Wildman–Crippen MR) is 108 cm³/mol. The summed E-state index contributed by atoms with van der Waals surface area (Å²) in [5.74, 6) is -0.284. The van der Waals surface area contributed by atoms with Crippen molar-refractivity contribution in [3.8, 4) is 0 Å². The molecule has 0 radical (unpaired) electrons. The van der Waals surface area contributed by atoms with Gasteiger partial charge in [-0.1, -0.05) is 34.5 Å². The lowest BCUT2D eigenvalue weighted by molar-refractivity contribution is 0.0993. The first-order valence-electron chi connectivity index (χ1n) is 8.01. The van der Waals surface area contributed by atoms with Gasteiger partial charge in [-0.2, -0.15) is 0 Å². The van der Waals surface area contributed by atoms with Crippen LogP contribution in [-0.2, 0) is 10.0 Å². The lowest BCUT2D eigenvalue weighted by Crippen LogP contribution is -2.32. The normalized spacial score (nSPS) is 12.7. The van der Waals surface area contributed by atoms with Gasteiger partial charge < -0.3 is 4.90 Å². The summed E-state index contributed by atoms with van der Waals surface area (Å²) in [6.45, 7) is 3.70. The van der Waals surface area contributed by atoms with Crippen molar-refractivity contribution >= 4 is 49.1 Å². The van der Waals surface area contributed by atoms with Crippen molar-refractivity contribution in [3.05, 3.63) is 57.5 Å². The fraction of sp³-hybridized carbons (Fsp3) is 0.278. The summed E-state index contributed by atoms with van der Waals surface area (Å²) in [6.07, 6.45) is 0.689. The summed E-state index contributed by atoms with van der Waals surface area (Å²) in [6, 6.07) is 10.9. The van der Waals surface area contributed by atoms with Gasteiger partial charge in [0.2, 0.25) is 10.0 Å². The van der Waals surface area contributed by atoms with Crippen molar-refractivity contribution in [1.82, 2.24) is 4.72 Å². The molecule has 1 atom stereocenters. The third kappa shape index (κ3) is 4.85. The Bertz CT molecular complexity index is 901. The lowest BCUT2D eigenvalue weighted by atomic mass is 10.2. The number of carbonyl (C=O) groups excluding carboxylic acids is 1. The summed E-state index contributed by atoms with van der Waals surface area (Å²) in [5, 5.41) is 0.437. The Hall–Kier alpha value is -1.41. The maximum atomic E-state index is 12.7. The van der Waals surface area contributed by atoms with Gasteiger partial charge in [-0.3, -0.25) is 4.79 Å². The van der Waals surface area contributed by atoms with Crippen molar-refractivity contribution in [2.75, 3.05) is 11.9 Å². The van der Waals surface area contributed by atoms with Gasteiger partial charge in [0.15, 0.2) is 0 Å². The number of anilines is 1. The molecule has 0 aliphatic rings. The highest BCUT2D eigenvalue weighted by molar-refractivity contribution is 9.10. The molecule has 0 heterocycles. The molecule has 0 spiro atoms. The highest BCUT2D eigenvalue weighted by atomic mass is 79.9. The number of nitrogens with one attached hydrogen (secondary N) is 1. The largest absolute Gasteiger partial charge is 0.310 e. The summed E-state index contributed by atoms with van der Waals surface area (Å²) in [5.41, 5.74) is 0.934. The van der Waals surface area contributed by atoms with Crippen LogP contribution in [0.15, 0.2) is 51.8 Å². The number of sulfonamides is 1. The number of hydrogen-bond donors (Lipinski definition) is 1.